The van der Waals surface area contributed by atoms with Gasteiger partial charge in [-0.15, -0.1) is 0 Å². The molecular formula is C8H9N3. The van der Waals surface area contributed by atoms with E-state index in [1.165, 1.54) is 0 Å². The fraction of sp³-hybridized carbons (Fsp3) is 0.375. The molecule has 0 aromatic rings. The summed E-state index contributed by atoms with van der Waals surface area (Å²) in [6.07, 6.45) is 8.23. The summed E-state index contributed by atoms with van der Waals surface area (Å²) in [5.74, 6) is 0.870. The van der Waals surface area contributed by atoms with Crippen LogP contribution in [0.5, 0.6) is 0 Å². The van der Waals surface area contributed by atoms with Gasteiger partial charge in [0.25, 0.3) is 0 Å². The average molecular weight is 147 g/mol. The van der Waals surface area contributed by atoms with Crippen LogP contribution in [0.3, 0.4) is 0 Å². The number of rotatable bonds is 0. The first kappa shape index (κ1) is 6.46. The molecule has 0 saturated carbocycles. The summed E-state index contributed by atoms with van der Waals surface area (Å²) in [7, 11) is 0. The van der Waals surface area contributed by atoms with Crippen molar-refractivity contribution in [2.24, 2.45) is 20.4 Å². The van der Waals surface area contributed by atoms with Crippen molar-refractivity contribution in [3.05, 3.63) is 12.3 Å². The zero-order chi connectivity index (χ0) is 7.73. The van der Waals surface area contributed by atoms with Gasteiger partial charge in [0, 0.05) is 12.4 Å². The average Bonchev–Trinajstić information content (AvgIpc) is 2.03. The van der Waals surface area contributed by atoms with E-state index in [1.54, 1.807) is 12.5 Å². The van der Waals surface area contributed by atoms with Crippen molar-refractivity contribution in [2.45, 2.75) is 13.3 Å². The number of nitrogens with zero attached hydrogens (tertiary/aromatic N) is 3. The predicted octanol–water partition coefficient (Wildman–Crippen LogP) is 1.42. The summed E-state index contributed by atoms with van der Waals surface area (Å²) < 4.78 is 0. The molecule has 0 N–H and O–H groups in total. The van der Waals surface area contributed by atoms with E-state index in [0.717, 1.165) is 12.3 Å². The monoisotopic (exact) mass is 147 g/mol. The second kappa shape index (κ2) is 2.12. The van der Waals surface area contributed by atoms with Crippen LogP contribution in [0.15, 0.2) is 27.3 Å². The van der Waals surface area contributed by atoms with Gasteiger partial charge in [-0.05, 0) is 13.3 Å². The Hall–Kier alpha value is -1.25. The SMILES string of the molecule is CC12C=NC=NC1=NC=CC2. The lowest BCUT2D eigenvalue weighted by atomic mass is 9.85. The van der Waals surface area contributed by atoms with E-state index in [0.29, 0.717) is 0 Å². The van der Waals surface area contributed by atoms with Crippen molar-refractivity contribution < 1.29 is 0 Å². The van der Waals surface area contributed by atoms with Crippen LogP contribution in [0.4, 0.5) is 0 Å². The fourth-order valence-corrected chi connectivity index (χ4v) is 1.24. The van der Waals surface area contributed by atoms with E-state index in [2.05, 4.69) is 21.9 Å². The molecule has 1 atom stereocenters. The molecule has 0 aromatic carbocycles. The Labute approximate surface area is 65.3 Å². The lowest BCUT2D eigenvalue weighted by molar-refractivity contribution is 0.650. The van der Waals surface area contributed by atoms with Crippen molar-refractivity contribution in [3.63, 3.8) is 0 Å². The smallest absolute Gasteiger partial charge is 0.141 e. The van der Waals surface area contributed by atoms with E-state index in [1.807, 2.05) is 12.3 Å². The molecule has 3 nitrogen and oxygen atoms in total. The molecule has 0 amide bonds. The molecule has 3 heteroatoms. The number of hydrogen-bond donors (Lipinski definition) is 0. The summed E-state index contributed by atoms with van der Waals surface area (Å²) >= 11 is 0. The van der Waals surface area contributed by atoms with Crippen LogP contribution in [0.2, 0.25) is 0 Å². The Balaban J connectivity index is 2.45. The van der Waals surface area contributed by atoms with Gasteiger partial charge in [0.05, 0.1) is 5.41 Å². The highest BCUT2D eigenvalue weighted by Crippen LogP contribution is 2.27. The van der Waals surface area contributed by atoms with Crippen LogP contribution in [-0.2, 0) is 0 Å². The normalized spacial score (nSPS) is 33.4. The maximum Gasteiger partial charge on any atom is 0.141 e. The highest BCUT2D eigenvalue weighted by molar-refractivity contribution is 6.09. The van der Waals surface area contributed by atoms with E-state index < -0.39 is 0 Å². The Morgan fingerprint density at radius 2 is 2.45 bits per heavy atom. The number of fused-ring (bicyclic) bond motifs is 1. The topological polar surface area (TPSA) is 37.1 Å². The van der Waals surface area contributed by atoms with Crippen molar-refractivity contribution in [1.29, 1.82) is 0 Å². The third kappa shape index (κ3) is 0.926. The van der Waals surface area contributed by atoms with Crippen LogP contribution in [0.25, 0.3) is 0 Å². The lowest BCUT2D eigenvalue weighted by Crippen LogP contribution is -2.31. The summed E-state index contributed by atoms with van der Waals surface area (Å²) in [6.45, 7) is 2.09. The largest absolute Gasteiger partial charge is 0.248 e. The van der Waals surface area contributed by atoms with Crippen LogP contribution < -0.4 is 0 Å². The first-order valence-electron chi connectivity index (χ1n) is 3.61. The molecule has 0 radical (unpaired) electrons. The molecular weight excluding hydrogens is 138 g/mol. The minimum absolute atomic E-state index is 0.0521. The van der Waals surface area contributed by atoms with E-state index in [-0.39, 0.29) is 5.41 Å². The van der Waals surface area contributed by atoms with Crippen molar-refractivity contribution in [3.8, 4) is 0 Å². The number of amidine groups is 1. The Morgan fingerprint density at radius 1 is 1.55 bits per heavy atom. The zero-order valence-corrected chi connectivity index (χ0v) is 6.36. The molecule has 2 aliphatic heterocycles. The molecule has 1 unspecified atom stereocenters. The van der Waals surface area contributed by atoms with Gasteiger partial charge in [-0.25, -0.2) is 15.0 Å². The second-order valence-corrected chi connectivity index (χ2v) is 2.98. The van der Waals surface area contributed by atoms with Crippen molar-refractivity contribution in [2.75, 3.05) is 0 Å². The number of aliphatic imine (C=N–C) groups is 3. The minimum atomic E-state index is -0.0521. The highest BCUT2D eigenvalue weighted by Gasteiger charge is 2.30. The third-order valence-corrected chi connectivity index (χ3v) is 1.96. The lowest BCUT2D eigenvalue weighted by Gasteiger charge is -2.26. The molecule has 0 saturated heterocycles. The number of hydrogen-bond acceptors (Lipinski definition) is 3. The predicted molar refractivity (Wildman–Crippen MR) is 46.3 cm³/mol. The molecule has 2 aliphatic rings. The van der Waals surface area contributed by atoms with Crippen LogP contribution in [0.1, 0.15) is 13.3 Å². The van der Waals surface area contributed by atoms with Gasteiger partial charge in [-0.3, -0.25) is 0 Å². The summed E-state index contributed by atoms with van der Waals surface area (Å²) in [5.41, 5.74) is -0.0521. The van der Waals surface area contributed by atoms with Crippen LogP contribution in [0, 0.1) is 5.41 Å². The molecule has 2 heterocycles. The molecule has 11 heavy (non-hydrogen) atoms. The van der Waals surface area contributed by atoms with Gasteiger partial charge in [0.15, 0.2) is 0 Å². The Bertz CT molecular complexity index is 286. The summed E-state index contributed by atoms with van der Waals surface area (Å²) in [5, 5.41) is 0. The number of allylic oxidation sites excluding steroid dienone is 1. The fourth-order valence-electron chi connectivity index (χ4n) is 1.24. The van der Waals surface area contributed by atoms with E-state index in [9.17, 15) is 0 Å². The maximum atomic E-state index is 4.17. The molecule has 0 spiro atoms. The minimum Gasteiger partial charge on any atom is -0.248 e. The van der Waals surface area contributed by atoms with E-state index >= 15 is 0 Å². The van der Waals surface area contributed by atoms with Crippen LogP contribution in [-0.4, -0.2) is 18.4 Å². The highest BCUT2D eigenvalue weighted by atomic mass is 15.0. The van der Waals surface area contributed by atoms with Gasteiger partial charge < -0.3 is 0 Å². The zero-order valence-electron chi connectivity index (χ0n) is 6.36. The van der Waals surface area contributed by atoms with Gasteiger partial charge in [-0.1, -0.05) is 6.08 Å². The quantitative estimate of drug-likeness (QED) is 0.497. The summed E-state index contributed by atoms with van der Waals surface area (Å²) in [4.78, 5) is 12.3. The molecule has 2 rings (SSSR count). The summed E-state index contributed by atoms with van der Waals surface area (Å²) in [6, 6.07) is 0. The maximum absolute atomic E-state index is 4.17. The standard InChI is InChI=1S/C8H9N3/c1-8-3-2-4-10-7(8)11-6-9-5-8/h2,4-6H,3H2,1H3. The molecule has 0 aliphatic carbocycles. The van der Waals surface area contributed by atoms with E-state index in [4.69, 9.17) is 0 Å². The van der Waals surface area contributed by atoms with Gasteiger partial charge in [0.2, 0.25) is 0 Å². The first-order chi connectivity index (χ1) is 5.31. The second-order valence-electron chi connectivity index (χ2n) is 2.98. The molecule has 0 bridgehead atoms. The molecule has 0 fully saturated rings. The van der Waals surface area contributed by atoms with Crippen LogP contribution >= 0.6 is 0 Å². The van der Waals surface area contributed by atoms with Crippen molar-refractivity contribution in [1.82, 2.24) is 0 Å². The third-order valence-electron chi connectivity index (χ3n) is 1.96. The van der Waals surface area contributed by atoms with Gasteiger partial charge in [-0.2, -0.15) is 0 Å². The molecule has 0 aromatic heterocycles. The Kier molecular flexibility index (Phi) is 1.24. The van der Waals surface area contributed by atoms with Crippen molar-refractivity contribution >= 4 is 18.4 Å². The molecule has 56 valence electrons. The van der Waals surface area contributed by atoms with Gasteiger partial charge in [0.1, 0.15) is 12.2 Å². The Morgan fingerprint density at radius 3 is 3.27 bits per heavy atom. The first-order valence-corrected chi connectivity index (χ1v) is 3.61. The van der Waals surface area contributed by atoms with Gasteiger partial charge >= 0.3 is 0 Å².